The van der Waals surface area contributed by atoms with E-state index in [9.17, 15) is 22.6 Å². The predicted molar refractivity (Wildman–Crippen MR) is 181 cm³/mol. The number of carbonyl (C=O) groups excluding carboxylic acids is 1. The number of anilines is 1. The highest BCUT2D eigenvalue weighted by atomic mass is 32.2. The molecular weight excluding hydrogens is 606 g/mol. The molecule has 0 fully saturated rings. The number of hydrogen-bond donors (Lipinski definition) is 2. The molecular formula is C35H45N3O7S. The van der Waals surface area contributed by atoms with Gasteiger partial charge in [-0.25, -0.2) is 5.06 Å². The number of allylic oxidation sites excluding steroid dienone is 8. The van der Waals surface area contributed by atoms with Crippen LogP contribution >= 0.6 is 0 Å². The van der Waals surface area contributed by atoms with Crippen LogP contribution in [0.3, 0.4) is 0 Å². The normalized spacial score (nSPS) is 19.5. The van der Waals surface area contributed by atoms with E-state index < -0.39 is 26.9 Å². The summed E-state index contributed by atoms with van der Waals surface area (Å²) in [5.74, 6) is -1.10. The van der Waals surface area contributed by atoms with E-state index in [2.05, 4.69) is 16.5 Å². The lowest BCUT2D eigenvalue weighted by atomic mass is 9.80. The summed E-state index contributed by atoms with van der Waals surface area (Å²) >= 11 is 0. The highest BCUT2D eigenvalue weighted by Gasteiger charge is 2.40. The van der Waals surface area contributed by atoms with Gasteiger partial charge in [-0.1, -0.05) is 65.0 Å². The fraction of sp³-hybridized carbons (Fsp3) is 0.400. The number of carbonyl (C=O) groups is 2. The zero-order valence-electron chi connectivity index (χ0n) is 27.7. The zero-order valence-corrected chi connectivity index (χ0v) is 28.5. The molecule has 11 heteroatoms. The van der Waals surface area contributed by atoms with Crippen molar-refractivity contribution in [3.8, 4) is 0 Å². The van der Waals surface area contributed by atoms with Crippen LogP contribution in [0.5, 0.6) is 0 Å². The summed E-state index contributed by atoms with van der Waals surface area (Å²) in [5.41, 5.74) is 4.17. The molecule has 0 unspecified atom stereocenters. The third-order valence-corrected chi connectivity index (χ3v) is 9.31. The molecule has 0 saturated carbocycles. The van der Waals surface area contributed by atoms with Crippen LogP contribution < -0.4 is 4.90 Å². The van der Waals surface area contributed by atoms with Gasteiger partial charge in [0.15, 0.2) is 0 Å². The lowest BCUT2D eigenvalue weighted by Gasteiger charge is -2.27. The molecule has 2 aliphatic heterocycles. The first-order valence-electron chi connectivity index (χ1n) is 15.1. The summed E-state index contributed by atoms with van der Waals surface area (Å²) in [7, 11) is -1.39. The average Bonchev–Trinajstić information content (AvgIpc) is 3.33. The number of aliphatic carboxylic acids is 1. The number of hydrogen-bond acceptors (Lipinski definition) is 7. The van der Waals surface area contributed by atoms with Crippen molar-refractivity contribution in [1.29, 1.82) is 0 Å². The number of fused-ring (bicyclic) bond motifs is 1. The number of benzene rings is 1. The molecule has 0 bridgehead atoms. The molecule has 0 aromatic heterocycles. The molecule has 0 spiro atoms. The first-order valence-corrected chi connectivity index (χ1v) is 16.6. The second-order valence-electron chi connectivity index (χ2n) is 12.3. The van der Waals surface area contributed by atoms with Gasteiger partial charge >= 0.3 is 5.97 Å². The third-order valence-electron chi connectivity index (χ3n) is 8.46. The first kappa shape index (κ1) is 36.4. The van der Waals surface area contributed by atoms with Gasteiger partial charge in [0.25, 0.3) is 16.0 Å². The Balaban J connectivity index is 1.87. The number of amides is 1. The Labute approximate surface area is 272 Å². The van der Waals surface area contributed by atoms with Crippen molar-refractivity contribution in [3.63, 3.8) is 0 Å². The third kappa shape index (κ3) is 8.01. The Morgan fingerprint density at radius 1 is 1.09 bits per heavy atom. The molecule has 1 aromatic rings. The van der Waals surface area contributed by atoms with Crippen molar-refractivity contribution in [2.75, 3.05) is 25.6 Å². The summed E-state index contributed by atoms with van der Waals surface area (Å²) < 4.78 is 33.5. The predicted octanol–water partition coefficient (Wildman–Crippen LogP) is 6.56. The van der Waals surface area contributed by atoms with Crippen LogP contribution in [0.15, 0.2) is 99.7 Å². The molecule has 2 aliphatic rings. The van der Waals surface area contributed by atoms with Crippen molar-refractivity contribution in [1.82, 2.24) is 5.06 Å². The number of carboxylic acid groups (broad SMARTS) is 1. The molecule has 46 heavy (non-hydrogen) atoms. The maximum atomic E-state index is 12.7. The van der Waals surface area contributed by atoms with E-state index >= 15 is 0 Å². The van der Waals surface area contributed by atoms with Crippen LogP contribution in [0.25, 0.3) is 0 Å². The zero-order chi connectivity index (χ0) is 34.4. The Hall–Kier alpha value is -4.06. The second kappa shape index (κ2) is 14.6. The maximum absolute atomic E-state index is 12.7. The van der Waals surface area contributed by atoms with Crippen LogP contribution in [0.1, 0.15) is 65.9 Å². The summed E-state index contributed by atoms with van der Waals surface area (Å²) in [4.78, 5) is 35.3. The molecule has 3 rings (SSSR count). The molecule has 0 atom stereocenters. The van der Waals surface area contributed by atoms with E-state index in [-0.39, 0.29) is 17.2 Å². The maximum Gasteiger partial charge on any atom is 0.303 e. The number of carboxylic acids is 1. The summed E-state index contributed by atoms with van der Waals surface area (Å²) in [5, 5.41) is 10.1. The smallest absolute Gasteiger partial charge is 0.303 e. The Morgan fingerprint density at radius 2 is 1.78 bits per heavy atom. The van der Waals surface area contributed by atoms with Gasteiger partial charge in [0.05, 0.1) is 23.4 Å². The number of rotatable bonds is 13. The van der Waals surface area contributed by atoms with Gasteiger partial charge in [-0.2, -0.15) is 8.42 Å². The Kier molecular flexibility index (Phi) is 11.5. The molecule has 248 valence electrons. The Morgan fingerprint density at radius 3 is 2.39 bits per heavy atom. The van der Waals surface area contributed by atoms with Gasteiger partial charge in [-0.3, -0.25) is 24.0 Å². The molecule has 1 aromatic carbocycles. The fourth-order valence-electron chi connectivity index (χ4n) is 5.68. The summed E-state index contributed by atoms with van der Waals surface area (Å²) in [6.45, 7) is 14.6. The van der Waals surface area contributed by atoms with Crippen molar-refractivity contribution >= 4 is 33.4 Å². The van der Waals surface area contributed by atoms with Crippen LogP contribution in [0.2, 0.25) is 0 Å². The summed E-state index contributed by atoms with van der Waals surface area (Å²) in [6, 6.07) is 4.62. The van der Waals surface area contributed by atoms with E-state index in [0.29, 0.717) is 24.2 Å². The Bertz CT molecular complexity index is 1670. The van der Waals surface area contributed by atoms with Crippen molar-refractivity contribution in [2.24, 2.45) is 10.4 Å². The van der Waals surface area contributed by atoms with Crippen molar-refractivity contribution in [3.05, 3.63) is 95.4 Å². The molecule has 1 amide bonds. The fourth-order valence-corrected chi connectivity index (χ4v) is 6.19. The minimum Gasteiger partial charge on any atom is -0.481 e. The standard InChI is InChI=1S/C35H45N3O7S/c1-9-25(33(41)37(7)45-8)22-27-24(2)36-30(34(27,3)4)16-12-10-13-17-31-35(5,6)28-23-26(46(42,43)44)19-20-29(28)38(31)21-15-11-14-18-32(39)40/h9-10,12-13,16-17,19-20,22-23H,2,11,14-15,18,21H2,1,3-8H3,(H,39,40)(H,42,43,44)/b13-10+,16-12+,25-9+,27-22+,31-17+. The van der Waals surface area contributed by atoms with Gasteiger partial charge in [-0.05, 0) is 67.3 Å². The molecule has 0 radical (unpaired) electrons. The van der Waals surface area contributed by atoms with Gasteiger partial charge in [0, 0.05) is 47.8 Å². The largest absolute Gasteiger partial charge is 0.481 e. The number of hydroxylamine groups is 2. The van der Waals surface area contributed by atoms with Gasteiger partial charge in [-0.15, -0.1) is 0 Å². The van der Waals surface area contributed by atoms with Crippen LogP contribution in [-0.2, 0) is 30.0 Å². The van der Waals surface area contributed by atoms with Gasteiger partial charge < -0.3 is 10.0 Å². The highest BCUT2D eigenvalue weighted by molar-refractivity contribution is 7.85. The minimum atomic E-state index is -4.38. The van der Waals surface area contributed by atoms with E-state index in [1.807, 2.05) is 58.1 Å². The molecule has 2 heterocycles. The first-order chi connectivity index (χ1) is 21.5. The number of likely N-dealkylation sites (N-methyl/N-ethyl adjacent to an activating group) is 1. The van der Waals surface area contributed by atoms with Crippen LogP contribution in [-0.4, -0.2) is 61.4 Å². The number of nitrogens with zero attached hydrogens (tertiary/aromatic N) is 3. The highest BCUT2D eigenvalue weighted by Crippen LogP contribution is 2.48. The van der Waals surface area contributed by atoms with Crippen LogP contribution in [0.4, 0.5) is 5.69 Å². The molecule has 2 N–H and O–H groups in total. The van der Waals surface area contributed by atoms with Gasteiger partial charge in [0.1, 0.15) is 0 Å². The minimum absolute atomic E-state index is 0.115. The lowest BCUT2D eigenvalue weighted by molar-refractivity contribution is -0.163. The SMILES string of the molecule is C=C1N=C(/C=C/C=C/C=C2/N(CCCCCC(=O)O)c3ccc(S(=O)(=O)O)cc3C2(C)C)C(C)(C)/C1=C/C(=C\C)C(=O)N(C)OC. The van der Waals surface area contributed by atoms with Crippen molar-refractivity contribution < 1.29 is 32.5 Å². The number of unbranched alkanes of at least 4 members (excludes halogenated alkanes) is 2. The van der Waals surface area contributed by atoms with Gasteiger partial charge in [0.2, 0.25) is 0 Å². The van der Waals surface area contributed by atoms with E-state index in [4.69, 9.17) is 9.94 Å². The van der Waals surface area contributed by atoms with Crippen molar-refractivity contribution in [2.45, 2.75) is 70.6 Å². The number of aliphatic imine (C=N–C) groups is 1. The quantitative estimate of drug-likeness (QED) is 0.0805. The topological polar surface area (TPSA) is 137 Å². The molecule has 0 saturated heterocycles. The van der Waals surface area contributed by atoms with E-state index in [1.54, 1.807) is 32.2 Å². The average molecular weight is 652 g/mol. The lowest BCUT2D eigenvalue weighted by Crippen LogP contribution is -2.27. The molecule has 10 nitrogen and oxygen atoms in total. The monoisotopic (exact) mass is 651 g/mol. The van der Waals surface area contributed by atoms with Crippen LogP contribution in [0, 0.1) is 5.41 Å². The van der Waals surface area contributed by atoms with E-state index in [0.717, 1.165) is 46.1 Å². The molecule has 0 aliphatic carbocycles. The summed E-state index contributed by atoms with van der Waals surface area (Å²) in [6.07, 6.45) is 15.3. The second-order valence-corrected chi connectivity index (χ2v) is 13.7. The van der Waals surface area contributed by atoms with E-state index in [1.165, 1.54) is 19.2 Å².